The van der Waals surface area contributed by atoms with Gasteiger partial charge in [0.15, 0.2) is 0 Å². The molecule has 114 valence electrons. The molecule has 3 heteroatoms. The number of carbonyl (C=O) groups excluding carboxylic acids is 1. The third-order valence-electron chi connectivity index (χ3n) is 4.45. The summed E-state index contributed by atoms with van der Waals surface area (Å²) in [4.78, 5) is 14.0. The molecular formula is C19H22N2O. The molecule has 1 heterocycles. The van der Waals surface area contributed by atoms with E-state index >= 15 is 0 Å². The van der Waals surface area contributed by atoms with Gasteiger partial charge < -0.3 is 10.2 Å². The largest absolute Gasteiger partial charge is 0.337 e. The minimum absolute atomic E-state index is 0.0314. The third-order valence-corrected chi connectivity index (χ3v) is 4.45. The summed E-state index contributed by atoms with van der Waals surface area (Å²) in [5.74, 6) is 0.348. The van der Waals surface area contributed by atoms with Gasteiger partial charge in [0.1, 0.15) is 0 Å². The predicted molar refractivity (Wildman–Crippen MR) is 88.9 cm³/mol. The van der Waals surface area contributed by atoms with E-state index in [0.717, 1.165) is 6.54 Å². The molecule has 1 aliphatic heterocycles. The van der Waals surface area contributed by atoms with E-state index in [1.54, 1.807) is 0 Å². The van der Waals surface area contributed by atoms with Gasteiger partial charge in [0.2, 0.25) is 0 Å². The molecule has 1 atom stereocenters. The van der Waals surface area contributed by atoms with Crippen molar-refractivity contribution in [3.05, 3.63) is 70.8 Å². The number of nitrogens with zero attached hydrogens (tertiary/aromatic N) is 1. The maximum Gasteiger partial charge on any atom is 0.317 e. The highest BCUT2D eigenvalue weighted by atomic mass is 16.2. The summed E-state index contributed by atoms with van der Waals surface area (Å²) >= 11 is 0. The summed E-state index contributed by atoms with van der Waals surface area (Å²) < 4.78 is 0. The van der Waals surface area contributed by atoms with Crippen LogP contribution in [0.3, 0.4) is 0 Å². The molecule has 2 aromatic rings. The Hall–Kier alpha value is -2.29. The first-order chi connectivity index (χ1) is 10.6. The van der Waals surface area contributed by atoms with Crippen molar-refractivity contribution < 1.29 is 4.79 Å². The van der Waals surface area contributed by atoms with Crippen LogP contribution in [0.4, 0.5) is 4.79 Å². The minimum atomic E-state index is 0.0314. The Morgan fingerprint density at radius 2 is 1.86 bits per heavy atom. The Morgan fingerprint density at radius 3 is 2.59 bits per heavy atom. The van der Waals surface area contributed by atoms with Crippen molar-refractivity contribution in [1.82, 2.24) is 10.2 Å². The summed E-state index contributed by atoms with van der Waals surface area (Å²) in [6.45, 7) is 6.41. The maximum atomic E-state index is 12.1. The lowest BCUT2D eigenvalue weighted by atomic mass is 9.94. The molecule has 2 aromatic carbocycles. The van der Waals surface area contributed by atoms with E-state index in [4.69, 9.17) is 0 Å². The average Bonchev–Trinajstić information content (AvgIpc) is 2.53. The number of rotatable bonds is 3. The number of carbonyl (C=O) groups is 1. The van der Waals surface area contributed by atoms with Crippen LogP contribution in [0.25, 0.3) is 0 Å². The highest BCUT2D eigenvalue weighted by Gasteiger charge is 2.26. The highest BCUT2D eigenvalue weighted by Crippen LogP contribution is 2.23. The molecule has 3 nitrogen and oxygen atoms in total. The van der Waals surface area contributed by atoms with Crippen molar-refractivity contribution in [2.45, 2.75) is 26.3 Å². The Kier molecular flexibility index (Phi) is 4.14. The normalized spacial score (nSPS) is 18.2. The molecule has 3 rings (SSSR count). The first-order valence-electron chi connectivity index (χ1n) is 7.77. The van der Waals surface area contributed by atoms with Gasteiger partial charge >= 0.3 is 6.03 Å². The second-order valence-corrected chi connectivity index (χ2v) is 6.09. The van der Waals surface area contributed by atoms with Gasteiger partial charge in [0.25, 0.3) is 0 Å². The molecule has 22 heavy (non-hydrogen) atoms. The van der Waals surface area contributed by atoms with E-state index < -0.39 is 0 Å². The van der Waals surface area contributed by atoms with Crippen molar-refractivity contribution in [1.29, 1.82) is 0 Å². The Labute approximate surface area is 132 Å². The second kappa shape index (κ2) is 6.22. The fraction of sp³-hybridized carbons (Fsp3) is 0.316. The quantitative estimate of drug-likeness (QED) is 0.921. The molecule has 1 saturated heterocycles. The lowest BCUT2D eigenvalue weighted by molar-refractivity contribution is 0.176. The van der Waals surface area contributed by atoms with Gasteiger partial charge in [-0.1, -0.05) is 48.5 Å². The summed E-state index contributed by atoms with van der Waals surface area (Å²) in [6, 6.07) is 16.8. The molecule has 0 aliphatic carbocycles. The van der Waals surface area contributed by atoms with E-state index in [0.29, 0.717) is 19.0 Å². The van der Waals surface area contributed by atoms with Crippen LogP contribution >= 0.6 is 0 Å². The molecule has 0 radical (unpaired) electrons. The Balaban J connectivity index is 1.75. The highest BCUT2D eigenvalue weighted by molar-refractivity contribution is 5.75. The molecule has 1 unspecified atom stereocenters. The predicted octanol–water partition coefficient (Wildman–Crippen LogP) is 3.61. The zero-order chi connectivity index (χ0) is 15.5. The number of aryl methyl sites for hydroxylation is 2. The smallest absolute Gasteiger partial charge is 0.317 e. The van der Waals surface area contributed by atoms with Gasteiger partial charge in [-0.2, -0.15) is 0 Å². The Morgan fingerprint density at radius 1 is 1.09 bits per heavy atom. The monoisotopic (exact) mass is 294 g/mol. The van der Waals surface area contributed by atoms with Gasteiger partial charge in [-0.25, -0.2) is 4.79 Å². The fourth-order valence-corrected chi connectivity index (χ4v) is 2.92. The molecule has 2 amide bonds. The van der Waals surface area contributed by atoms with Gasteiger partial charge in [-0.05, 0) is 36.1 Å². The SMILES string of the molecule is Cc1ccc(C2CNC(=O)N(Cc3ccccc3)C2)cc1C. The third kappa shape index (κ3) is 3.14. The van der Waals surface area contributed by atoms with Crippen LogP contribution in [0.2, 0.25) is 0 Å². The number of hydrogen-bond acceptors (Lipinski definition) is 1. The summed E-state index contributed by atoms with van der Waals surface area (Å²) in [7, 11) is 0. The van der Waals surface area contributed by atoms with Gasteiger partial charge in [0, 0.05) is 25.6 Å². The van der Waals surface area contributed by atoms with Crippen molar-refractivity contribution in [2.75, 3.05) is 13.1 Å². The topological polar surface area (TPSA) is 32.3 Å². The molecule has 0 spiro atoms. The van der Waals surface area contributed by atoms with Crippen LogP contribution in [0.15, 0.2) is 48.5 Å². The van der Waals surface area contributed by atoms with E-state index in [9.17, 15) is 4.79 Å². The van der Waals surface area contributed by atoms with Crippen LogP contribution in [0.1, 0.15) is 28.2 Å². The number of hydrogen-bond donors (Lipinski definition) is 1. The summed E-state index contributed by atoms with van der Waals surface area (Å²) in [5.41, 5.74) is 5.09. The van der Waals surface area contributed by atoms with Crippen molar-refractivity contribution >= 4 is 6.03 Å². The fourth-order valence-electron chi connectivity index (χ4n) is 2.92. The standard InChI is InChI=1S/C19H22N2O/c1-14-8-9-17(10-15(14)2)18-11-20-19(22)21(13-18)12-16-6-4-3-5-7-16/h3-10,18H,11-13H2,1-2H3,(H,20,22). The summed E-state index contributed by atoms with van der Waals surface area (Å²) in [6.07, 6.45) is 0. The molecule has 1 fully saturated rings. The van der Waals surface area contributed by atoms with E-state index in [1.807, 2.05) is 23.1 Å². The van der Waals surface area contributed by atoms with E-state index in [-0.39, 0.29) is 6.03 Å². The number of benzene rings is 2. The van der Waals surface area contributed by atoms with E-state index in [2.05, 4.69) is 49.5 Å². The molecule has 0 saturated carbocycles. The molecule has 1 N–H and O–H groups in total. The maximum absolute atomic E-state index is 12.1. The van der Waals surface area contributed by atoms with Crippen LogP contribution in [-0.4, -0.2) is 24.0 Å². The number of urea groups is 1. The lowest BCUT2D eigenvalue weighted by Crippen LogP contribution is -2.49. The molecule has 0 bridgehead atoms. The zero-order valence-corrected chi connectivity index (χ0v) is 13.2. The van der Waals surface area contributed by atoms with Gasteiger partial charge in [-0.3, -0.25) is 0 Å². The zero-order valence-electron chi connectivity index (χ0n) is 13.2. The number of nitrogens with one attached hydrogen (secondary N) is 1. The van der Waals surface area contributed by atoms with Gasteiger partial charge in [0.05, 0.1) is 0 Å². The van der Waals surface area contributed by atoms with Crippen LogP contribution in [0, 0.1) is 13.8 Å². The molecule has 0 aromatic heterocycles. The first kappa shape index (κ1) is 14.6. The molecule has 1 aliphatic rings. The summed E-state index contributed by atoms with van der Waals surface area (Å²) in [5, 5.41) is 3.02. The van der Waals surface area contributed by atoms with Crippen LogP contribution in [0.5, 0.6) is 0 Å². The van der Waals surface area contributed by atoms with Crippen molar-refractivity contribution in [2.24, 2.45) is 0 Å². The molecular weight excluding hydrogens is 272 g/mol. The first-order valence-corrected chi connectivity index (χ1v) is 7.77. The Bertz CT molecular complexity index is 666. The van der Waals surface area contributed by atoms with Crippen molar-refractivity contribution in [3.63, 3.8) is 0 Å². The van der Waals surface area contributed by atoms with Gasteiger partial charge in [-0.15, -0.1) is 0 Å². The average molecular weight is 294 g/mol. The second-order valence-electron chi connectivity index (χ2n) is 6.09. The van der Waals surface area contributed by atoms with E-state index in [1.165, 1.54) is 22.3 Å². The lowest BCUT2D eigenvalue weighted by Gasteiger charge is -2.34. The minimum Gasteiger partial charge on any atom is -0.337 e. The number of amides is 2. The van der Waals surface area contributed by atoms with Crippen LogP contribution in [-0.2, 0) is 6.54 Å². The van der Waals surface area contributed by atoms with Crippen LogP contribution < -0.4 is 5.32 Å². The van der Waals surface area contributed by atoms with Crippen molar-refractivity contribution in [3.8, 4) is 0 Å².